The molecule has 25 heavy (non-hydrogen) atoms. The van der Waals surface area contributed by atoms with Crippen LogP contribution >= 0.6 is 11.6 Å². The summed E-state index contributed by atoms with van der Waals surface area (Å²) in [4.78, 5) is 31.0. The second-order valence-electron chi connectivity index (χ2n) is 5.90. The molecule has 132 valence electrons. The van der Waals surface area contributed by atoms with Gasteiger partial charge in [-0.1, -0.05) is 11.6 Å². The van der Waals surface area contributed by atoms with Crippen LogP contribution in [0.4, 0.5) is 0 Å². The van der Waals surface area contributed by atoms with Gasteiger partial charge in [-0.05, 0) is 35.9 Å². The predicted molar refractivity (Wildman–Crippen MR) is 94.6 cm³/mol. The Morgan fingerprint density at radius 1 is 1.00 bits per heavy atom. The zero-order valence-electron chi connectivity index (χ0n) is 13.8. The van der Waals surface area contributed by atoms with Crippen LogP contribution in [0.15, 0.2) is 42.7 Å². The predicted octanol–water partition coefficient (Wildman–Crippen LogP) is 1.96. The number of H-pyrrole nitrogens is 1. The monoisotopic (exact) mass is 361 g/mol. The van der Waals surface area contributed by atoms with E-state index in [2.05, 4.69) is 4.98 Å². The number of carbonyl (C=O) groups excluding carboxylic acids is 2. The van der Waals surface area contributed by atoms with E-state index >= 15 is 0 Å². The third-order valence-corrected chi connectivity index (χ3v) is 4.43. The molecule has 1 aromatic carbocycles. The first-order valence-electron chi connectivity index (χ1n) is 8.17. The van der Waals surface area contributed by atoms with Crippen LogP contribution in [0.2, 0.25) is 5.02 Å². The lowest BCUT2D eigenvalue weighted by Crippen LogP contribution is -2.51. The highest BCUT2D eigenvalue weighted by atomic mass is 35.5. The third kappa shape index (κ3) is 4.76. The minimum Gasteiger partial charge on any atom is -0.484 e. The fourth-order valence-corrected chi connectivity index (χ4v) is 2.85. The normalized spacial score (nSPS) is 14.4. The van der Waals surface area contributed by atoms with Crippen molar-refractivity contribution < 1.29 is 14.3 Å². The van der Waals surface area contributed by atoms with Crippen molar-refractivity contribution in [3.8, 4) is 5.75 Å². The molecule has 1 aliphatic rings. The molecule has 2 amide bonds. The molecule has 3 rings (SSSR count). The van der Waals surface area contributed by atoms with Gasteiger partial charge in [-0.25, -0.2) is 0 Å². The van der Waals surface area contributed by atoms with E-state index in [4.69, 9.17) is 16.3 Å². The molecule has 0 aliphatic carbocycles. The first-order chi connectivity index (χ1) is 12.1. The highest BCUT2D eigenvalue weighted by molar-refractivity contribution is 6.30. The summed E-state index contributed by atoms with van der Waals surface area (Å²) < 4.78 is 5.49. The molecule has 0 atom stereocenters. The Hall–Kier alpha value is -2.47. The van der Waals surface area contributed by atoms with Crippen LogP contribution in [0.1, 0.15) is 5.56 Å². The van der Waals surface area contributed by atoms with E-state index in [9.17, 15) is 9.59 Å². The molecule has 1 N–H and O–H groups in total. The Labute approximate surface area is 151 Å². The molecule has 0 radical (unpaired) electrons. The fourth-order valence-electron chi connectivity index (χ4n) is 2.73. The van der Waals surface area contributed by atoms with Gasteiger partial charge in [0.2, 0.25) is 5.91 Å². The third-order valence-electron chi connectivity index (χ3n) is 4.18. The van der Waals surface area contributed by atoms with Crippen LogP contribution in [-0.2, 0) is 16.0 Å². The van der Waals surface area contributed by atoms with Gasteiger partial charge < -0.3 is 19.5 Å². The van der Waals surface area contributed by atoms with Crippen LogP contribution in [0, 0.1) is 0 Å². The highest BCUT2D eigenvalue weighted by Crippen LogP contribution is 2.15. The van der Waals surface area contributed by atoms with Crippen molar-refractivity contribution >= 4 is 23.4 Å². The van der Waals surface area contributed by atoms with Gasteiger partial charge in [0.05, 0.1) is 6.42 Å². The minimum atomic E-state index is -0.0762. The van der Waals surface area contributed by atoms with Crippen molar-refractivity contribution in [1.82, 2.24) is 14.8 Å². The Bertz CT molecular complexity index is 708. The average molecular weight is 362 g/mol. The number of rotatable bonds is 5. The van der Waals surface area contributed by atoms with Gasteiger partial charge in [0, 0.05) is 43.6 Å². The molecule has 6 nitrogen and oxygen atoms in total. The Morgan fingerprint density at radius 2 is 1.64 bits per heavy atom. The largest absolute Gasteiger partial charge is 0.484 e. The van der Waals surface area contributed by atoms with Crippen molar-refractivity contribution in [2.45, 2.75) is 6.42 Å². The first kappa shape index (κ1) is 17.4. The maximum atomic E-state index is 12.3. The zero-order chi connectivity index (χ0) is 17.6. The summed E-state index contributed by atoms with van der Waals surface area (Å²) in [6.45, 7) is 2.15. The van der Waals surface area contributed by atoms with Gasteiger partial charge in [-0.3, -0.25) is 9.59 Å². The molecule has 0 spiro atoms. The van der Waals surface area contributed by atoms with E-state index in [-0.39, 0.29) is 18.4 Å². The zero-order valence-corrected chi connectivity index (χ0v) is 14.5. The Morgan fingerprint density at radius 3 is 2.24 bits per heavy atom. The van der Waals surface area contributed by atoms with Gasteiger partial charge in [-0.2, -0.15) is 0 Å². The van der Waals surface area contributed by atoms with Gasteiger partial charge in [0.15, 0.2) is 6.61 Å². The summed E-state index contributed by atoms with van der Waals surface area (Å²) in [6.07, 6.45) is 4.02. The number of hydrogen-bond acceptors (Lipinski definition) is 3. The second-order valence-corrected chi connectivity index (χ2v) is 6.34. The van der Waals surface area contributed by atoms with E-state index < -0.39 is 0 Å². The lowest BCUT2D eigenvalue weighted by molar-refractivity contribution is -0.140. The number of nitrogens with one attached hydrogen (secondary N) is 1. The minimum absolute atomic E-state index is 0.0150. The molecule has 1 fully saturated rings. The number of carbonyl (C=O) groups is 2. The fraction of sp³-hybridized carbons (Fsp3) is 0.333. The number of hydrogen-bond donors (Lipinski definition) is 1. The van der Waals surface area contributed by atoms with Crippen LogP contribution in [0.5, 0.6) is 5.75 Å². The topological polar surface area (TPSA) is 65.6 Å². The van der Waals surface area contributed by atoms with Crippen LogP contribution in [0.25, 0.3) is 0 Å². The van der Waals surface area contributed by atoms with Crippen molar-refractivity contribution in [2.75, 3.05) is 32.8 Å². The summed E-state index contributed by atoms with van der Waals surface area (Å²) in [5.74, 6) is 0.620. The standard InChI is InChI=1S/C18H20ClN3O3/c19-15-1-3-16(4-2-15)25-13-18(24)22-9-7-21(8-10-22)17(23)11-14-5-6-20-12-14/h1-6,12,20H,7-11,13H2. The molecule has 0 bridgehead atoms. The van der Waals surface area contributed by atoms with E-state index in [1.54, 1.807) is 40.3 Å². The molecular formula is C18H20ClN3O3. The molecular weight excluding hydrogens is 342 g/mol. The number of aromatic nitrogens is 1. The Kier molecular flexibility index (Phi) is 5.60. The molecule has 1 aromatic heterocycles. The summed E-state index contributed by atoms with van der Waals surface area (Å²) in [5, 5.41) is 0.624. The molecule has 2 heterocycles. The number of halogens is 1. The van der Waals surface area contributed by atoms with Gasteiger partial charge in [0.25, 0.3) is 5.91 Å². The number of benzene rings is 1. The lowest BCUT2D eigenvalue weighted by Gasteiger charge is -2.34. The molecule has 7 heteroatoms. The SMILES string of the molecule is O=C(COc1ccc(Cl)cc1)N1CCN(C(=O)Cc2cc[nH]c2)CC1. The summed E-state index contributed by atoms with van der Waals surface area (Å²) >= 11 is 5.82. The number of nitrogens with zero attached hydrogens (tertiary/aromatic N) is 2. The van der Waals surface area contributed by atoms with E-state index in [0.717, 1.165) is 5.56 Å². The number of aromatic amines is 1. The van der Waals surface area contributed by atoms with Crippen molar-refractivity contribution in [3.05, 3.63) is 53.3 Å². The maximum Gasteiger partial charge on any atom is 0.260 e. The van der Waals surface area contributed by atoms with Crippen LogP contribution in [0.3, 0.4) is 0 Å². The average Bonchev–Trinajstić information content (AvgIpc) is 3.14. The van der Waals surface area contributed by atoms with Gasteiger partial charge in [0.1, 0.15) is 5.75 Å². The van der Waals surface area contributed by atoms with Gasteiger partial charge >= 0.3 is 0 Å². The lowest BCUT2D eigenvalue weighted by atomic mass is 10.2. The smallest absolute Gasteiger partial charge is 0.260 e. The summed E-state index contributed by atoms with van der Waals surface area (Å²) in [7, 11) is 0. The van der Waals surface area contributed by atoms with E-state index in [1.165, 1.54) is 0 Å². The molecule has 0 saturated carbocycles. The highest BCUT2D eigenvalue weighted by Gasteiger charge is 2.24. The van der Waals surface area contributed by atoms with Gasteiger partial charge in [-0.15, -0.1) is 0 Å². The summed E-state index contributed by atoms with van der Waals surface area (Å²) in [5.41, 5.74) is 0.972. The number of ether oxygens (including phenoxy) is 1. The molecule has 1 aliphatic heterocycles. The summed E-state index contributed by atoms with van der Waals surface area (Å²) in [6, 6.07) is 8.79. The molecule has 2 aromatic rings. The van der Waals surface area contributed by atoms with E-state index in [1.807, 2.05) is 12.3 Å². The van der Waals surface area contributed by atoms with Crippen molar-refractivity contribution in [2.24, 2.45) is 0 Å². The molecule has 1 saturated heterocycles. The second kappa shape index (κ2) is 8.07. The number of amides is 2. The van der Waals surface area contributed by atoms with Crippen LogP contribution < -0.4 is 4.74 Å². The quantitative estimate of drug-likeness (QED) is 0.885. The van der Waals surface area contributed by atoms with E-state index in [0.29, 0.717) is 43.4 Å². The van der Waals surface area contributed by atoms with Crippen molar-refractivity contribution in [3.63, 3.8) is 0 Å². The first-order valence-corrected chi connectivity index (χ1v) is 8.55. The number of piperazine rings is 1. The molecule has 0 unspecified atom stereocenters. The van der Waals surface area contributed by atoms with Crippen LogP contribution in [-0.4, -0.2) is 59.4 Å². The van der Waals surface area contributed by atoms with Crippen molar-refractivity contribution in [1.29, 1.82) is 0 Å². The Balaban J connectivity index is 1.42. The maximum absolute atomic E-state index is 12.3.